The van der Waals surface area contributed by atoms with E-state index >= 15 is 0 Å². The van der Waals surface area contributed by atoms with E-state index in [2.05, 4.69) is 11.3 Å². The molecule has 4 nitrogen and oxygen atoms in total. The lowest BCUT2D eigenvalue weighted by Gasteiger charge is -2.40. The normalized spacial score (nSPS) is 18.0. The third-order valence-corrected chi connectivity index (χ3v) is 3.45. The Morgan fingerprint density at radius 1 is 0.657 bits per heavy atom. The first-order chi connectivity index (χ1) is 15.0. The number of halogens is 17. The van der Waals surface area contributed by atoms with Crippen molar-refractivity contribution < 1.29 is 93.6 Å². The Kier molecular flexibility index (Phi) is 8.88. The van der Waals surface area contributed by atoms with E-state index in [0.29, 0.717) is 0 Å². The van der Waals surface area contributed by atoms with E-state index in [0.717, 1.165) is 6.92 Å². The monoisotopic (exact) mass is 564 g/mol. The van der Waals surface area contributed by atoms with Gasteiger partial charge in [-0.25, -0.2) is 9.18 Å². The predicted molar refractivity (Wildman–Crippen MR) is 73.2 cm³/mol. The summed E-state index contributed by atoms with van der Waals surface area (Å²) in [5.41, 5.74) is -0.603. The maximum Gasteiger partial charge on any atom is 0.462 e. The van der Waals surface area contributed by atoms with Crippen LogP contribution in [0.2, 0.25) is 0 Å². The number of hydrogen-bond donors (Lipinski definition) is 0. The van der Waals surface area contributed by atoms with Gasteiger partial charge in [0.15, 0.2) is 0 Å². The van der Waals surface area contributed by atoms with Crippen molar-refractivity contribution in [3.63, 3.8) is 0 Å². The lowest BCUT2D eigenvalue weighted by molar-refractivity contribution is -0.552. The molecule has 0 radical (unpaired) electrons. The average molecular weight is 564 g/mol. The van der Waals surface area contributed by atoms with Gasteiger partial charge >= 0.3 is 54.3 Å². The number of hydrogen-bond acceptors (Lipinski definition) is 4. The second-order valence-corrected chi connectivity index (χ2v) is 6.30. The van der Waals surface area contributed by atoms with E-state index in [1.165, 1.54) is 4.74 Å². The van der Waals surface area contributed by atoms with Gasteiger partial charge in [0.1, 0.15) is 0 Å². The molecule has 2 atom stereocenters. The van der Waals surface area contributed by atoms with Crippen LogP contribution in [0.4, 0.5) is 74.6 Å². The molecule has 0 aliphatic heterocycles. The molecule has 0 aromatic heterocycles. The number of carbonyl (C=O) groups is 1. The van der Waals surface area contributed by atoms with E-state index in [1.54, 1.807) is 0 Å². The zero-order chi connectivity index (χ0) is 28.7. The summed E-state index contributed by atoms with van der Waals surface area (Å²) in [4.78, 5) is 11.0. The van der Waals surface area contributed by atoms with Crippen molar-refractivity contribution in [1.29, 1.82) is 0 Å². The van der Waals surface area contributed by atoms with Gasteiger partial charge in [-0.2, -0.15) is 70.2 Å². The standard InChI is InChI=1S/C14H9F17O4/c1-5(2)6(32)33-4-3-7(15,10(19,20)21)34-14(30,31)9(18,12(25,26)27)35-13(28,29)8(16,17)11(22,23)24/h1,3-4H2,2H3. The minimum absolute atomic E-state index is 0.603. The summed E-state index contributed by atoms with van der Waals surface area (Å²) in [5, 5.41) is 0. The van der Waals surface area contributed by atoms with Gasteiger partial charge in [0, 0.05) is 5.57 Å². The fourth-order valence-electron chi connectivity index (χ4n) is 1.61. The molecule has 0 saturated heterocycles. The SMILES string of the molecule is C=C(C)C(=O)OCCC(F)(OC(F)(F)C(F)(OC(F)(F)C(F)(F)C(F)(F)F)C(F)(F)F)C(F)(F)F. The Bertz CT molecular complexity index is 783. The molecule has 2 unspecified atom stereocenters. The van der Waals surface area contributed by atoms with Gasteiger partial charge in [0.05, 0.1) is 13.0 Å². The summed E-state index contributed by atoms with van der Waals surface area (Å²) in [5.74, 6) is -23.6. The highest BCUT2D eigenvalue weighted by Crippen LogP contribution is 2.56. The van der Waals surface area contributed by atoms with Crippen molar-refractivity contribution >= 4 is 5.97 Å². The summed E-state index contributed by atoms with van der Waals surface area (Å²) in [6.45, 7) is 1.73. The maximum atomic E-state index is 14.1. The van der Waals surface area contributed by atoms with Crippen molar-refractivity contribution in [2.24, 2.45) is 0 Å². The van der Waals surface area contributed by atoms with Gasteiger partial charge in [0.25, 0.3) is 0 Å². The predicted octanol–water partition coefficient (Wildman–Crippen LogP) is 6.37. The molecule has 21 heteroatoms. The Hall–Kier alpha value is -2.06. The summed E-state index contributed by atoms with van der Waals surface area (Å²) >= 11 is 0. The zero-order valence-corrected chi connectivity index (χ0v) is 16.2. The van der Waals surface area contributed by atoms with Gasteiger partial charge in [-0.05, 0) is 6.92 Å². The number of esters is 1. The summed E-state index contributed by atoms with van der Waals surface area (Å²) in [7, 11) is 0. The zero-order valence-electron chi connectivity index (χ0n) is 16.2. The van der Waals surface area contributed by atoms with E-state index < -0.39 is 72.9 Å². The minimum Gasteiger partial charge on any atom is -0.462 e. The molecule has 0 aliphatic carbocycles. The van der Waals surface area contributed by atoms with Crippen LogP contribution in [0, 0.1) is 0 Å². The number of rotatable bonds is 10. The highest BCUT2D eigenvalue weighted by atomic mass is 19.4. The average Bonchev–Trinajstić information content (AvgIpc) is 2.57. The van der Waals surface area contributed by atoms with Crippen LogP contribution in [-0.4, -0.2) is 61.0 Å². The van der Waals surface area contributed by atoms with Crippen LogP contribution in [0.15, 0.2) is 12.2 Å². The van der Waals surface area contributed by atoms with Crippen molar-refractivity contribution in [2.75, 3.05) is 6.61 Å². The van der Waals surface area contributed by atoms with Gasteiger partial charge in [-0.1, -0.05) is 6.58 Å². The lowest BCUT2D eigenvalue weighted by Crippen LogP contribution is -2.67. The molecule has 0 spiro atoms. The van der Waals surface area contributed by atoms with E-state index in [4.69, 9.17) is 0 Å². The molecule has 208 valence electrons. The largest absolute Gasteiger partial charge is 0.462 e. The second-order valence-electron chi connectivity index (χ2n) is 6.30. The molecule has 0 rings (SSSR count). The van der Waals surface area contributed by atoms with Crippen LogP contribution in [0.25, 0.3) is 0 Å². The number of ether oxygens (including phenoxy) is 3. The Balaban J connectivity index is 6.45. The highest BCUT2D eigenvalue weighted by Gasteiger charge is 2.85. The molecule has 0 aliphatic rings. The van der Waals surface area contributed by atoms with E-state index in [-0.39, 0.29) is 0 Å². The van der Waals surface area contributed by atoms with Gasteiger partial charge < -0.3 is 4.74 Å². The van der Waals surface area contributed by atoms with Crippen molar-refractivity contribution in [1.82, 2.24) is 0 Å². The molecule has 0 saturated carbocycles. The Morgan fingerprint density at radius 2 is 1.09 bits per heavy atom. The molecule has 0 heterocycles. The first-order valence-electron chi connectivity index (χ1n) is 7.93. The minimum atomic E-state index is -7.95. The quantitative estimate of drug-likeness (QED) is 0.176. The topological polar surface area (TPSA) is 44.8 Å². The molecule has 0 fully saturated rings. The Labute approximate surface area is 181 Å². The second kappa shape index (κ2) is 9.43. The van der Waals surface area contributed by atoms with E-state index in [9.17, 15) is 79.4 Å². The van der Waals surface area contributed by atoms with Crippen LogP contribution in [0.3, 0.4) is 0 Å². The van der Waals surface area contributed by atoms with Crippen molar-refractivity contribution in [3.05, 3.63) is 12.2 Å². The molecule has 0 aromatic carbocycles. The molecule has 0 bridgehead atoms. The smallest absolute Gasteiger partial charge is 0.462 e. The fourth-order valence-corrected chi connectivity index (χ4v) is 1.61. The molecular formula is C14H9F17O4. The van der Waals surface area contributed by atoms with Crippen LogP contribution in [0.1, 0.15) is 13.3 Å². The van der Waals surface area contributed by atoms with Crippen molar-refractivity contribution in [2.45, 2.75) is 61.7 Å². The first kappa shape index (κ1) is 32.9. The lowest BCUT2D eigenvalue weighted by atomic mass is 10.2. The van der Waals surface area contributed by atoms with Crippen LogP contribution < -0.4 is 0 Å². The van der Waals surface area contributed by atoms with Gasteiger partial charge in [-0.15, -0.1) is 0 Å². The van der Waals surface area contributed by atoms with Gasteiger partial charge in [-0.3, -0.25) is 9.47 Å². The molecule has 0 amide bonds. The molecule has 0 aromatic rings. The van der Waals surface area contributed by atoms with E-state index in [1.807, 2.05) is 4.74 Å². The van der Waals surface area contributed by atoms with Crippen LogP contribution in [0.5, 0.6) is 0 Å². The molecule has 35 heavy (non-hydrogen) atoms. The third-order valence-electron chi connectivity index (χ3n) is 3.45. The summed E-state index contributed by atoms with van der Waals surface area (Å²) in [6, 6.07) is 0. The molecular weight excluding hydrogens is 555 g/mol. The van der Waals surface area contributed by atoms with Crippen LogP contribution in [-0.2, 0) is 19.0 Å². The Morgan fingerprint density at radius 3 is 1.40 bits per heavy atom. The molecule has 0 N–H and O–H groups in total. The first-order valence-corrected chi connectivity index (χ1v) is 7.93. The number of carbonyl (C=O) groups excluding carboxylic acids is 1. The third kappa shape index (κ3) is 6.58. The summed E-state index contributed by atoms with van der Waals surface area (Å²) in [6.07, 6.45) is -40.7. The number of alkyl halides is 17. The van der Waals surface area contributed by atoms with Crippen LogP contribution >= 0.6 is 0 Å². The van der Waals surface area contributed by atoms with Crippen molar-refractivity contribution in [3.8, 4) is 0 Å². The maximum absolute atomic E-state index is 14.1. The van der Waals surface area contributed by atoms with Gasteiger partial charge in [0.2, 0.25) is 0 Å². The fraction of sp³-hybridized carbons (Fsp3) is 0.786. The summed E-state index contributed by atoms with van der Waals surface area (Å²) < 4.78 is 227. The highest BCUT2D eigenvalue weighted by molar-refractivity contribution is 5.86.